The van der Waals surface area contributed by atoms with Crippen LogP contribution in [-0.4, -0.2) is 16.5 Å². The molecule has 0 heterocycles. The number of hydrogen-bond donors (Lipinski definition) is 1. The first-order valence-electron chi connectivity index (χ1n) is 4.45. The minimum Gasteiger partial charge on any atom is -0.382 e. The van der Waals surface area contributed by atoms with E-state index in [1.165, 1.54) is 0 Å². The summed E-state index contributed by atoms with van der Waals surface area (Å²) >= 11 is 0. The lowest BCUT2D eigenvalue weighted by Crippen LogP contribution is -2.36. The molecule has 1 rings (SSSR count). The van der Waals surface area contributed by atoms with Gasteiger partial charge in [0.05, 0.1) is 0 Å². The summed E-state index contributed by atoms with van der Waals surface area (Å²) in [6.07, 6.45) is 4.86. The van der Waals surface area contributed by atoms with Gasteiger partial charge in [0.15, 0.2) is 5.78 Å². The molecule has 0 amide bonds. The van der Waals surface area contributed by atoms with Crippen LogP contribution in [0.1, 0.15) is 45.4 Å². The van der Waals surface area contributed by atoms with Crippen molar-refractivity contribution in [2.75, 3.05) is 0 Å². The van der Waals surface area contributed by atoms with E-state index in [1.807, 2.05) is 6.92 Å². The highest BCUT2D eigenvalue weighted by Crippen LogP contribution is 2.26. The molecule has 0 spiro atoms. The smallest absolute Gasteiger partial charge is 0.164 e. The topological polar surface area (TPSA) is 37.3 Å². The normalized spacial score (nSPS) is 33.5. The molecular formula is C9H16O2. The summed E-state index contributed by atoms with van der Waals surface area (Å²) in [6.45, 7) is 1.88. The number of carbonyl (C=O) groups is 1. The van der Waals surface area contributed by atoms with Gasteiger partial charge in [0, 0.05) is 6.42 Å². The number of aliphatic hydroxyl groups is 1. The highest BCUT2D eigenvalue weighted by Gasteiger charge is 2.33. The number of hydrogen-bond acceptors (Lipinski definition) is 2. The van der Waals surface area contributed by atoms with Crippen LogP contribution in [0.3, 0.4) is 0 Å². The molecule has 1 aliphatic rings. The average Bonchev–Trinajstić information content (AvgIpc) is 2.16. The van der Waals surface area contributed by atoms with E-state index < -0.39 is 5.60 Å². The molecule has 64 valence electrons. The van der Waals surface area contributed by atoms with E-state index in [1.54, 1.807) is 0 Å². The Labute approximate surface area is 67.6 Å². The van der Waals surface area contributed by atoms with Gasteiger partial charge in [0.25, 0.3) is 0 Å². The molecule has 1 aliphatic carbocycles. The molecule has 0 aromatic heterocycles. The predicted octanol–water partition coefficient (Wildman–Crippen LogP) is 1.66. The molecule has 1 saturated carbocycles. The maximum Gasteiger partial charge on any atom is 0.164 e. The third-order valence-corrected chi connectivity index (χ3v) is 2.60. The maximum atomic E-state index is 11.3. The number of carbonyl (C=O) groups excluding carboxylic acids is 1. The molecule has 2 nitrogen and oxygen atoms in total. The zero-order valence-electron chi connectivity index (χ0n) is 7.10. The summed E-state index contributed by atoms with van der Waals surface area (Å²) in [6, 6.07) is 0. The van der Waals surface area contributed by atoms with Crippen molar-refractivity contribution >= 4 is 5.78 Å². The van der Waals surface area contributed by atoms with Crippen LogP contribution in [0.5, 0.6) is 0 Å². The largest absolute Gasteiger partial charge is 0.382 e. The third kappa shape index (κ3) is 1.80. The van der Waals surface area contributed by atoms with Crippen LogP contribution in [-0.2, 0) is 4.79 Å². The van der Waals surface area contributed by atoms with Crippen molar-refractivity contribution in [3.8, 4) is 0 Å². The fourth-order valence-electron chi connectivity index (χ4n) is 1.63. The number of rotatable bonds is 1. The first kappa shape index (κ1) is 8.72. The van der Waals surface area contributed by atoms with Crippen LogP contribution in [0.25, 0.3) is 0 Å². The first-order chi connectivity index (χ1) is 5.19. The second-order valence-electron chi connectivity index (χ2n) is 3.37. The summed E-state index contributed by atoms with van der Waals surface area (Å²) < 4.78 is 0. The number of Topliss-reactive ketones (excluding diaryl/α,β-unsaturated/α-hetero) is 1. The van der Waals surface area contributed by atoms with E-state index in [-0.39, 0.29) is 5.78 Å². The van der Waals surface area contributed by atoms with Crippen molar-refractivity contribution in [3.05, 3.63) is 0 Å². The SMILES string of the molecule is CCC1(O)CCCCCC1=O. The third-order valence-electron chi connectivity index (χ3n) is 2.60. The van der Waals surface area contributed by atoms with Gasteiger partial charge in [-0.3, -0.25) is 4.79 Å². The van der Waals surface area contributed by atoms with E-state index in [0.29, 0.717) is 19.3 Å². The molecule has 1 unspecified atom stereocenters. The van der Waals surface area contributed by atoms with Gasteiger partial charge in [-0.15, -0.1) is 0 Å². The highest BCUT2D eigenvalue weighted by molar-refractivity contribution is 5.87. The van der Waals surface area contributed by atoms with Gasteiger partial charge in [-0.2, -0.15) is 0 Å². The maximum absolute atomic E-state index is 11.3. The molecule has 11 heavy (non-hydrogen) atoms. The fourth-order valence-corrected chi connectivity index (χ4v) is 1.63. The lowest BCUT2D eigenvalue weighted by molar-refractivity contribution is -0.137. The molecule has 1 fully saturated rings. The molecule has 0 bridgehead atoms. The van der Waals surface area contributed by atoms with Crippen molar-refractivity contribution in [2.45, 2.75) is 51.0 Å². The molecule has 0 saturated heterocycles. The Morgan fingerprint density at radius 2 is 2.18 bits per heavy atom. The summed E-state index contributed by atoms with van der Waals surface area (Å²) in [5, 5.41) is 9.78. The highest BCUT2D eigenvalue weighted by atomic mass is 16.3. The van der Waals surface area contributed by atoms with Gasteiger partial charge in [0.2, 0.25) is 0 Å². The molecule has 1 atom stereocenters. The number of ketones is 1. The summed E-state index contributed by atoms with van der Waals surface area (Å²) in [7, 11) is 0. The zero-order valence-corrected chi connectivity index (χ0v) is 7.10. The Bertz CT molecular complexity index is 154. The molecule has 0 aromatic carbocycles. The van der Waals surface area contributed by atoms with E-state index in [4.69, 9.17) is 0 Å². The molecule has 0 aliphatic heterocycles. The van der Waals surface area contributed by atoms with E-state index in [9.17, 15) is 9.90 Å². The van der Waals surface area contributed by atoms with Gasteiger partial charge in [-0.25, -0.2) is 0 Å². The minimum absolute atomic E-state index is 0.0532. The zero-order chi connectivity index (χ0) is 8.32. The molecule has 2 heteroatoms. The molecule has 0 radical (unpaired) electrons. The first-order valence-corrected chi connectivity index (χ1v) is 4.45. The van der Waals surface area contributed by atoms with Gasteiger partial charge < -0.3 is 5.11 Å². The average molecular weight is 156 g/mol. The Kier molecular flexibility index (Phi) is 2.66. The van der Waals surface area contributed by atoms with Gasteiger partial charge in [-0.1, -0.05) is 19.8 Å². The van der Waals surface area contributed by atoms with Crippen LogP contribution < -0.4 is 0 Å². The van der Waals surface area contributed by atoms with Gasteiger partial charge >= 0.3 is 0 Å². The lowest BCUT2D eigenvalue weighted by Gasteiger charge is -2.22. The van der Waals surface area contributed by atoms with Crippen molar-refractivity contribution in [1.82, 2.24) is 0 Å². The van der Waals surface area contributed by atoms with Crippen molar-refractivity contribution in [2.24, 2.45) is 0 Å². The van der Waals surface area contributed by atoms with Gasteiger partial charge in [-0.05, 0) is 19.3 Å². The quantitative estimate of drug-likeness (QED) is 0.586. The Morgan fingerprint density at radius 3 is 2.82 bits per heavy atom. The molecule has 1 N–H and O–H groups in total. The van der Waals surface area contributed by atoms with Crippen LogP contribution in [0.4, 0.5) is 0 Å². The standard InChI is InChI=1S/C9H16O2/c1-2-9(11)7-5-3-4-6-8(9)10/h11H,2-7H2,1H3. The Morgan fingerprint density at radius 1 is 1.45 bits per heavy atom. The summed E-state index contributed by atoms with van der Waals surface area (Å²) in [5.41, 5.74) is -0.976. The van der Waals surface area contributed by atoms with E-state index in [0.717, 1.165) is 19.3 Å². The second-order valence-corrected chi connectivity index (χ2v) is 3.37. The predicted molar refractivity (Wildman–Crippen MR) is 43.3 cm³/mol. The minimum atomic E-state index is -0.976. The fraction of sp³-hybridized carbons (Fsp3) is 0.889. The van der Waals surface area contributed by atoms with Crippen LogP contribution >= 0.6 is 0 Å². The Hall–Kier alpha value is -0.370. The van der Waals surface area contributed by atoms with Crippen LogP contribution in [0.15, 0.2) is 0 Å². The van der Waals surface area contributed by atoms with E-state index >= 15 is 0 Å². The van der Waals surface area contributed by atoms with Crippen molar-refractivity contribution in [3.63, 3.8) is 0 Å². The molecule has 0 aromatic rings. The van der Waals surface area contributed by atoms with Crippen LogP contribution in [0, 0.1) is 0 Å². The lowest BCUT2D eigenvalue weighted by atomic mass is 9.91. The molecular weight excluding hydrogens is 140 g/mol. The second kappa shape index (κ2) is 3.35. The van der Waals surface area contributed by atoms with Crippen molar-refractivity contribution in [1.29, 1.82) is 0 Å². The summed E-state index contributed by atoms with van der Waals surface area (Å²) in [4.78, 5) is 11.3. The van der Waals surface area contributed by atoms with Crippen molar-refractivity contribution < 1.29 is 9.90 Å². The van der Waals surface area contributed by atoms with E-state index in [2.05, 4.69) is 0 Å². The Balaban J connectivity index is 2.66. The monoisotopic (exact) mass is 156 g/mol. The summed E-state index contributed by atoms with van der Waals surface area (Å²) in [5.74, 6) is 0.0532. The van der Waals surface area contributed by atoms with Gasteiger partial charge in [0.1, 0.15) is 5.60 Å². The van der Waals surface area contributed by atoms with Crippen LogP contribution in [0.2, 0.25) is 0 Å².